The Morgan fingerprint density at radius 2 is 1.95 bits per heavy atom. The average molecular weight is 280 g/mol. The molecule has 0 amide bonds. The van der Waals surface area contributed by atoms with E-state index in [4.69, 9.17) is 5.73 Å². The zero-order valence-electron chi connectivity index (χ0n) is 11.7. The quantitative estimate of drug-likeness (QED) is 0.785. The predicted molar refractivity (Wildman–Crippen MR) is 79.7 cm³/mol. The van der Waals surface area contributed by atoms with E-state index < -0.39 is 0 Å². The van der Waals surface area contributed by atoms with Gasteiger partial charge in [-0.2, -0.15) is 0 Å². The smallest absolute Gasteiger partial charge is 0.205 e. The van der Waals surface area contributed by atoms with Gasteiger partial charge in [-0.05, 0) is 24.6 Å². The molecule has 6 nitrogen and oxygen atoms in total. The summed E-state index contributed by atoms with van der Waals surface area (Å²) in [5.74, 6) is 1.25. The summed E-state index contributed by atoms with van der Waals surface area (Å²) in [7, 11) is 0. The zero-order valence-corrected chi connectivity index (χ0v) is 11.7. The Bertz CT molecular complexity index is 720. The molecule has 1 unspecified atom stereocenters. The lowest BCUT2D eigenvalue weighted by atomic mass is 10.1. The molecule has 0 fully saturated rings. The molecule has 1 aromatic carbocycles. The van der Waals surface area contributed by atoms with Crippen LogP contribution in [0.1, 0.15) is 12.5 Å². The van der Waals surface area contributed by atoms with Crippen LogP contribution in [-0.4, -0.2) is 31.2 Å². The van der Waals surface area contributed by atoms with Gasteiger partial charge in [-0.1, -0.05) is 36.4 Å². The number of rotatable bonds is 4. The highest BCUT2D eigenvalue weighted by Gasteiger charge is 2.12. The molecule has 0 bridgehead atoms. The third kappa shape index (κ3) is 2.95. The van der Waals surface area contributed by atoms with E-state index in [1.807, 2.05) is 49.4 Å². The number of hydrogen-bond acceptors (Lipinski definition) is 5. The first-order valence-corrected chi connectivity index (χ1v) is 6.79. The molecule has 6 heteroatoms. The van der Waals surface area contributed by atoms with Gasteiger partial charge in [-0.15, -0.1) is 15.0 Å². The molecule has 2 heterocycles. The maximum Gasteiger partial charge on any atom is 0.205 e. The summed E-state index contributed by atoms with van der Waals surface area (Å²) < 4.78 is 0. The molecule has 0 radical (unpaired) electrons. The monoisotopic (exact) mass is 280 g/mol. The molecule has 0 aliphatic rings. The molecule has 3 rings (SSSR count). The van der Waals surface area contributed by atoms with Crippen LogP contribution in [0.25, 0.3) is 17.2 Å². The molecule has 0 spiro atoms. The van der Waals surface area contributed by atoms with Gasteiger partial charge in [0.25, 0.3) is 0 Å². The summed E-state index contributed by atoms with van der Waals surface area (Å²) in [4.78, 5) is 5.81. The first-order chi connectivity index (χ1) is 10.2. The molecule has 1 atom stereocenters. The molecule has 2 aromatic heterocycles. The minimum absolute atomic E-state index is 0.0464. The van der Waals surface area contributed by atoms with Gasteiger partial charge >= 0.3 is 0 Å². The molecule has 0 aliphatic carbocycles. The molecule has 0 saturated heterocycles. The lowest BCUT2D eigenvalue weighted by Gasteiger charge is -2.08. The molecule has 21 heavy (non-hydrogen) atoms. The van der Waals surface area contributed by atoms with Gasteiger partial charge in [0.15, 0.2) is 5.82 Å². The number of tetrazole rings is 1. The van der Waals surface area contributed by atoms with E-state index in [1.54, 1.807) is 6.20 Å². The molecule has 2 N–H and O–H groups in total. The van der Waals surface area contributed by atoms with E-state index in [1.165, 1.54) is 4.80 Å². The van der Waals surface area contributed by atoms with Crippen LogP contribution in [-0.2, 0) is 6.42 Å². The first kappa shape index (κ1) is 13.4. The molecule has 3 aromatic rings. The lowest BCUT2D eigenvalue weighted by Crippen LogP contribution is -2.19. The number of nitrogens with two attached hydrogens (primary N) is 1. The molecular formula is C15H16N6. The second kappa shape index (κ2) is 5.80. The molecule has 0 aliphatic heterocycles. The average Bonchev–Trinajstić information content (AvgIpc) is 2.98. The van der Waals surface area contributed by atoms with Crippen LogP contribution < -0.4 is 5.73 Å². The number of aromatic nitrogens is 5. The summed E-state index contributed by atoms with van der Waals surface area (Å²) in [5.41, 5.74) is 7.80. The Balaban J connectivity index is 1.97. The van der Waals surface area contributed by atoms with Crippen molar-refractivity contribution in [1.82, 2.24) is 25.2 Å². The maximum atomic E-state index is 5.87. The van der Waals surface area contributed by atoms with Crippen LogP contribution in [0.5, 0.6) is 0 Å². The summed E-state index contributed by atoms with van der Waals surface area (Å²) in [6, 6.07) is 13.6. The predicted octanol–water partition coefficient (Wildman–Crippen LogP) is 1.61. The van der Waals surface area contributed by atoms with Crippen molar-refractivity contribution in [3.05, 3.63) is 54.2 Å². The van der Waals surface area contributed by atoms with Gasteiger partial charge in [0.05, 0.1) is 0 Å². The number of nitrogens with zero attached hydrogens (tertiary/aromatic N) is 5. The summed E-state index contributed by atoms with van der Waals surface area (Å²) in [5, 5.41) is 12.6. The topological polar surface area (TPSA) is 82.5 Å². The van der Waals surface area contributed by atoms with Crippen LogP contribution >= 0.6 is 0 Å². The summed E-state index contributed by atoms with van der Waals surface area (Å²) in [6.45, 7) is 1.96. The van der Waals surface area contributed by atoms with Gasteiger partial charge in [0, 0.05) is 23.4 Å². The number of hydrogen-bond donors (Lipinski definition) is 1. The van der Waals surface area contributed by atoms with Gasteiger partial charge in [-0.25, -0.2) is 4.98 Å². The van der Waals surface area contributed by atoms with Crippen LogP contribution in [0, 0.1) is 0 Å². The van der Waals surface area contributed by atoms with Crippen LogP contribution in [0.4, 0.5) is 0 Å². The SMILES string of the molecule is CC(N)Cc1cccnc1-n1nnc(-c2ccccc2)n1. The number of benzene rings is 1. The van der Waals surface area contributed by atoms with Crippen molar-refractivity contribution in [2.45, 2.75) is 19.4 Å². The van der Waals surface area contributed by atoms with Crippen LogP contribution in [0.3, 0.4) is 0 Å². The second-order valence-corrected chi connectivity index (χ2v) is 4.94. The molecular weight excluding hydrogens is 264 g/mol. The van der Waals surface area contributed by atoms with Gasteiger partial charge < -0.3 is 5.73 Å². The Kier molecular flexibility index (Phi) is 3.70. The summed E-state index contributed by atoms with van der Waals surface area (Å²) in [6.07, 6.45) is 2.43. The van der Waals surface area contributed by atoms with E-state index in [2.05, 4.69) is 20.4 Å². The minimum Gasteiger partial charge on any atom is -0.328 e. The zero-order chi connectivity index (χ0) is 14.7. The fourth-order valence-corrected chi connectivity index (χ4v) is 2.12. The highest BCUT2D eigenvalue weighted by atomic mass is 15.6. The van der Waals surface area contributed by atoms with Crippen molar-refractivity contribution >= 4 is 0 Å². The fraction of sp³-hybridized carbons (Fsp3) is 0.200. The fourth-order valence-electron chi connectivity index (χ4n) is 2.12. The standard InChI is InChI=1S/C15H16N6/c1-11(16)10-13-8-5-9-17-15(13)21-19-14(18-20-21)12-6-3-2-4-7-12/h2-9,11H,10,16H2,1H3. The van der Waals surface area contributed by atoms with E-state index >= 15 is 0 Å². The third-order valence-electron chi connectivity index (χ3n) is 3.04. The van der Waals surface area contributed by atoms with Crippen molar-refractivity contribution in [2.24, 2.45) is 5.73 Å². The first-order valence-electron chi connectivity index (χ1n) is 6.79. The largest absolute Gasteiger partial charge is 0.328 e. The maximum absolute atomic E-state index is 5.87. The van der Waals surface area contributed by atoms with Crippen molar-refractivity contribution in [1.29, 1.82) is 0 Å². The Morgan fingerprint density at radius 1 is 1.14 bits per heavy atom. The van der Waals surface area contributed by atoms with Gasteiger partial charge in [0.2, 0.25) is 5.82 Å². The van der Waals surface area contributed by atoms with E-state index in [0.29, 0.717) is 18.1 Å². The lowest BCUT2D eigenvalue weighted by molar-refractivity contribution is 0.671. The van der Waals surface area contributed by atoms with Gasteiger partial charge in [0.1, 0.15) is 0 Å². The van der Waals surface area contributed by atoms with E-state index in [0.717, 1.165) is 11.1 Å². The minimum atomic E-state index is 0.0464. The van der Waals surface area contributed by atoms with Crippen molar-refractivity contribution in [3.63, 3.8) is 0 Å². The van der Waals surface area contributed by atoms with E-state index in [-0.39, 0.29) is 6.04 Å². The Morgan fingerprint density at radius 3 is 2.71 bits per heavy atom. The van der Waals surface area contributed by atoms with Crippen LogP contribution in [0.2, 0.25) is 0 Å². The molecule has 0 saturated carbocycles. The number of pyridine rings is 1. The van der Waals surface area contributed by atoms with E-state index in [9.17, 15) is 0 Å². The van der Waals surface area contributed by atoms with Crippen molar-refractivity contribution in [2.75, 3.05) is 0 Å². The second-order valence-electron chi connectivity index (χ2n) is 4.94. The Hall–Kier alpha value is -2.60. The highest BCUT2D eigenvalue weighted by molar-refractivity contribution is 5.53. The third-order valence-corrected chi connectivity index (χ3v) is 3.04. The summed E-state index contributed by atoms with van der Waals surface area (Å²) >= 11 is 0. The van der Waals surface area contributed by atoms with Crippen molar-refractivity contribution < 1.29 is 0 Å². The highest BCUT2D eigenvalue weighted by Crippen LogP contribution is 2.15. The molecule has 106 valence electrons. The van der Waals surface area contributed by atoms with Crippen LogP contribution in [0.15, 0.2) is 48.7 Å². The van der Waals surface area contributed by atoms with Gasteiger partial charge in [-0.3, -0.25) is 0 Å². The Labute approximate surface area is 122 Å². The van der Waals surface area contributed by atoms with Crippen molar-refractivity contribution in [3.8, 4) is 17.2 Å². The normalized spacial score (nSPS) is 12.3.